The zero-order valence-electron chi connectivity index (χ0n) is 18.5. The van der Waals surface area contributed by atoms with Crippen LogP contribution in [0, 0.1) is 25.6 Å². The Hall–Kier alpha value is -2.77. The minimum absolute atomic E-state index is 0.0211. The summed E-state index contributed by atoms with van der Waals surface area (Å²) in [6, 6.07) is 12.0. The number of hydrogen-bond acceptors (Lipinski definition) is 4. The molecule has 1 saturated carbocycles. The van der Waals surface area contributed by atoms with Crippen molar-refractivity contribution in [3.63, 3.8) is 0 Å². The molecular formula is C25H29FN4O2. The lowest BCUT2D eigenvalue weighted by Gasteiger charge is -2.49. The average Bonchev–Trinajstić information content (AvgIpc) is 3.22. The first-order chi connectivity index (χ1) is 15.4. The number of hydrazine groups is 1. The van der Waals surface area contributed by atoms with Crippen molar-refractivity contribution in [2.24, 2.45) is 5.92 Å². The molecule has 2 aromatic rings. The van der Waals surface area contributed by atoms with Crippen LogP contribution in [-0.2, 0) is 0 Å². The number of nitrogens with one attached hydrogen (secondary N) is 2. The molecule has 168 valence electrons. The lowest BCUT2D eigenvalue weighted by Crippen LogP contribution is -2.66. The predicted molar refractivity (Wildman–Crippen MR) is 119 cm³/mol. The number of urea groups is 1. The second kappa shape index (κ2) is 8.30. The Morgan fingerprint density at radius 1 is 1.12 bits per heavy atom. The maximum atomic E-state index is 13.8. The Morgan fingerprint density at radius 3 is 2.72 bits per heavy atom. The molecule has 2 aromatic carbocycles. The van der Waals surface area contributed by atoms with Gasteiger partial charge in [0.2, 0.25) is 0 Å². The third-order valence-electron chi connectivity index (χ3n) is 7.10. The standard InChI is InChI=1S/C25H29FN4O2/c1-15-10-11-19(16(2)12-15)22(31)14-29-21-9-4-3-8-20(21)24-27-23(28-30(24)25(29)32)17-6-5-7-18(26)13-17/h5-7,10-13,20-21,23-24,27-28H,3-4,8-9,14H2,1-2H3. The van der Waals surface area contributed by atoms with Crippen LogP contribution in [0.4, 0.5) is 9.18 Å². The molecule has 2 N–H and O–H groups in total. The first kappa shape index (κ1) is 21.1. The molecule has 2 saturated heterocycles. The number of halogens is 1. The first-order valence-corrected chi connectivity index (χ1v) is 11.4. The lowest BCUT2D eigenvalue weighted by molar-refractivity contribution is 0.00125. The van der Waals surface area contributed by atoms with Gasteiger partial charge in [-0.25, -0.2) is 19.6 Å². The molecule has 7 heteroatoms. The van der Waals surface area contributed by atoms with Crippen molar-refractivity contribution in [3.8, 4) is 0 Å². The van der Waals surface area contributed by atoms with E-state index in [0.717, 1.165) is 42.4 Å². The molecule has 0 aromatic heterocycles. The van der Waals surface area contributed by atoms with Gasteiger partial charge in [0.05, 0.1) is 6.54 Å². The first-order valence-electron chi connectivity index (χ1n) is 11.4. The third-order valence-corrected chi connectivity index (χ3v) is 7.10. The minimum atomic E-state index is -0.350. The molecule has 0 radical (unpaired) electrons. The SMILES string of the molecule is Cc1ccc(C(=O)CN2C(=O)N3NC(c4cccc(F)c4)NC3C3CCCCC32)c(C)c1. The highest BCUT2D eigenvalue weighted by Gasteiger charge is 2.51. The summed E-state index contributed by atoms with van der Waals surface area (Å²) in [5, 5.41) is 5.13. The molecule has 3 aliphatic rings. The fourth-order valence-corrected chi connectivity index (χ4v) is 5.57. The van der Waals surface area contributed by atoms with Crippen molar-refractivity contribution >= 4 is 11.8 Å². The molecule has 0 spiro atoms. The quantitative estimate of drug-likeness (QED) is 0.710. The molecule has 5 rings (SSSR count). The second-order valence-corrected chi connectivity index (χ2v) is 9.27. The lowest BCUT2D eigenvalue weighted by atomic mass is 9.79. The molecule has 1 aliphatic carbocycles. The zero-order valence-corrected chi connectivity index (χ0v) is 18.5. The summed E-state index contributed by atoms with van der Waals surface area (Å²) in [5.41, 5.74) is 6.70. The molecular weight excluding hydrogens is 407 g/mol. The summed E-state index contributed by atoms with van der Waals surface area (Å²) < 4.78 is 13.8. The Balaban J connectivity index is 1.41. The largest absolute Gasteiger partial charge is 0.336 e. The van der Waals surface area contributed by atoms with E-state index < -0.39 is 0 Å². The van der Waals surface area contributed by atoms with Crippen LogP contribution in [-0.4, -0.2) is 40.5 Å². The molecule has 4 unspecified atom stereocenters. The van der Waals surface area contributed by atoms with Gasteiger partial charge in [0.1, 0.15) is 18.1 Å². The Kier molecular flexibility index (Phi) is 5.47. The number of Topliss-reactive ketones (excluding diaryl/α,β-unsaturated/α-hetero) is 1. The average molecular weight is 437 g/mol. The highest BCUT2D eigenvalue weighted by atomic mass is 19.1. The van der Waals surface area contributed by atoms with Gasteiger partial charge < -0.3 is 4.90 Å². The zero-order chi connectivity index (χ0) is 22.4. The highest BCUT2D eigenvalue weighted by molar-refractivity contribution is 6.00. The summed E-state index contributed by atoms with van der Waals surface area (Å²) >= 11 is 0. The number of ketones is 1. The van der Waals surface area contributed by atoms with Crippen LogP contribution in [0.2, 0.25) is 0 Å². The van der Waals surface area contributed by atoms with Gasteiger partial charge >= 0.3 is 6.03 Å². The molecule has 32 heavy (non-hydrogen) atoms. The molecule has 6 nitrogen and oxygen atoms in total. The number of carbonyl (C=O) groups excluding carboxylic acids is 2. The van der Waals surface area contributed by atoms with E-state index in [1.807, 2.05) is 38.1 Å². The number of hydrogen-bond donors (Lipinski definition) is 2. The van der Waals surface area contributed by atoms with Crippen LogP contribution in [0.15, 0.2) is 42.5 Å². The van der Waals surface area contributed by atoms with E-state index in [4.69, 9.17) is 0 Å². The number of amides is 2. The fourth-order valence-electron chi connectivity index (χ4n) is 5.57. The van der Waals surface area contributed by atoms with Crippen molar-refractivity contribution in [3.05, 3.63) is 70.5 Å². The Bertz CT molecular complexity index is 1060. The van der Waals surface area contributed by atoms with Crippen LogP contribution in [0.25, 0.3) is 0 Å². The van der Waals surface area contributed by atoms with E-state index >= 15 is 0 Å². The summed E-state index contributed by atoms with van der Waals surface area (Å²) in [7, 11) is 0. The number of fused-ring (bicyclic) bond motifs is 3. The summed E-state index contributed by atoms with van der Waals surface area (Å²) in [5.74, 6) is -0.134. The maximum Gasteiger partial charge on any atom is 0.336 e. The monoisotopic (exact) mass is 436 g/mol. The van der Waals surface area contributed by atoms with Crippen molar-refractivity contribution < 1.29 is 14.0 Å². The van der Waals surface area contributed by atoms with E-state index in [0.29, 0.717) is 5.56 Å². The van der Waals surface area contributed by atoms with Gasteiger partial charge in [-0.15, -0.1) is 0 Å². The summed E-state index contributed by atoms with van der Waals surface area (Å²) in [4.78, 5) is 28.5. The fraction of sp³-hybridized carbons (Fsp3) is 0.440. The smallest absolute Gasteiger partial charge is 0.312 e. The van der Waals surface area contributed by atoms with E-state index in [1.165, 1.54) is 12.1 Å². The highest BCUT2D eigenvalue weighted by Crippen LogP contribution is 2.39. The van der Waals surface area contributed by atoms with Gasteiger partial charge in [-0.1, -0.05) is 48.7 Å². The maximum absolute atomic E-state index is 13.8. The Morgan fingerprint density at radius 2 is 1.94 bits per heavy atom. The molecule has 3 fully saturated rings. The van der Waals surface area contributed by atoms with E-state index in [-0.39, 0.29) is 48.5 Å². The van der Waals surface area contributed by atoms with E-state index in [1.54, 1.807) is 16.0 Å². The number of benzene rings is 2. The van der Waals surface area contributed by atoms with E-state index in [2.05, 4.69) is 10.7 Å². The van der Waals surface area contributed by atoms with Gasteiger partial charge in [-0.3, -0.25) is 10.1 Å². The summed E-state index contributed by atoms with van der Waals surface area (Å²) in [6.07, 6.45) is 3.51. The number of nitrogens with zero attached hydrogens (tertiary/aromatic N) is 2. The van der Waals surface area contributed by atoms with Crippen molar-refractivity contribution in [1.82, 2.24) is 20.7 Å². The van der Waals surface area contributed by atoms with Gasteiger partial charge in [0.25, 0.3) is 0 Å². The van der Waals surface area contributed by atoms with Crippen molar-refractivity contribution in [2.45, 2.75) is 57.9 Å². The number of rotatable bonds is 4. The molecule has 2 aliphatic heterocycles. The topological polar surface area (TPSA) is 64.7 Å². The molecule has 2 heterocycles. The molecule has 4 atom stereocenters. The molecule has 0 bridgehead atoms. The second-order valence-electron chi connectivity index (χ2n) is 9.27. The number of aryl methyl sites for hydroxylation is 2. The Labute approximate surface area is 187 Å². The van der Waals surface area contributed by atoms with Crippen LogP contribution < -0.4 is 10.7 Å². The normalized spacial score (nSPS) is 27.3. The van der Waals surface area contributed by atoms with Gasteiger partial charge in [0.15, 0.2) is 5.78 Å². The van der Waals surface area contributed by atoms with Crippen molar-refractivity contribution in [1.29, 1.82) is 0 Å². The van der Waals surface area contributed by atoms with E-state index in [9.17, 15) is 14.0 Å². The van der Waals surface area contributed by atoms with Gasteiger partial charge in [-0.05, 0) is 49.9 Å². The summed E-state index contributed by atoms with van der Waals surface area (Å²) in [6.45, 7) is 4.01. The van der Waals surface area contributed by atoms with Crippen LogP contribution >= 0.6 is 0 Å². The van der Waals surface area contributed by atoms with Crippen molar-refractivity contribution in [2.75, 3.05) is 6.54 Å². The van der Waals surface area contributed by atoms with Gasteiger partial charge in [-0.2, -0.15) is 0 Å². The van der Waals surface area contributed by atoms with Crippen LogP contribution in [0.5, 0.6) is 0 Å². The van der Waals surface area contributed by atoms with Crippen LogP contribution in [0.1, 0.15) is 58.9 Å². The predicted octanol–water partition coefficient (Wildman–Crippen LogP) is 4.05. The van der Waals surface area contributed by atoms with Crippen LogP contribution in [0.3, 0.4) is 0 Å². The third kappa shape index (κ3) is 3.69. The van der Waals surface area contributed by atoms with Gasteiger partial charge in [0, 0.05) is 17.5 Å². The minimum Gasteiger partial charge on any atom is -0.312 e. The number of carbonyl (C=O) groups is 2. The molecule has 2 amide bonds.